The Kier molecular flexibility index (Phi) is 4.57. The van der Waals surface area contributed by atoms with Gasteiger partial charge in [-0.3, -0.25) is 4.57 Å². The molecule has 6 nitrogen and oxygen atoms in total. The number of rotatable bonds is 6. The van der Waals surface area contributed by atoms with Gasteiger partial charge < -0.3 is 10.1 Å². The summed E-state index contributed by atoms with van der Waals surface area (Å²) in [5, 5.41) is 7.28. The Bertz CT molecular complexity index is 600. The molecule has 0 saturated carbocycles. The smallest absolute Gasteiger partial charge is 0.345 e. The zero-order chi connectivity index (χ0) is 14.5. The van der Waals surface area contributed by atoms with E-state index in [-0.39, 0.29) is 11.7 Å². The number of hydrogen-bond acceptors (Lipinski definition) is 4. The van der Waals surface area contributed by atoms with Gasteiger partial charge >= 0.3 is 5.69 Å². The maximum Gasteiger partial charge on any atom is 0.345 e. The van der Waals surface area contributed by atoms with Crippen molar-refractivity contribution in [2.75, 3.05) is 13.7 Å². The molecule has 0 fully saturated rings. The second-order valence-corrected chi connectivity index (χ2v) is 4.55. The van der Waals surface area contributed by atoms with Crippen molar-refractivity contribution < 1.29 is 4.74 Å². The Labute approximate surface area is 118 Å². The van der Waals surface area contributed by atoms with Gasteiger partial charge in [-0.25, -0.2) is 9.48 Å². The highest BCUT2D eigenvalue weighted by molar-refractivity contribution is 5.29. The minimum absolute atomic E-state index is 0.0262. The molecule has 0 aliphatic heterocycles. The van der Waals surface area contributed by atoms with E-state index in [1.165, 1.54) is 15.6 Å². The van der Waals surface area contributed by atoms with Crippen LogP contribution >= 0.6 is 0 Å². The molecule has 1 aromatic carbocycles. The van der Waals surface area contributed by atoms with E-state index in [0.29, 0.717) is 13.2 Å². The van der Waals surface area contributed by atoms with E-state index in [1.807, 2.05) is 38.2 Å². The largest absolute Gasteiger partial charge is 0.494 e. The van der Waals surface area contributed by atoms with Gasteiger partial charge in [0, 0.05) is 7.05 Å². The van der Waals surface area contributed by atoms with E-state index in [9.17, 15) is 4.79 Å². The molecule has 1 aromatic heterocycles. The van der Waals surface area contributed by atoms with E-state index in [1.54, 1.807) is 7.05 Å². The fraction of sp³-hybridized carbons (Fsp3) is 0.429. The van der Waals surface area contributed by atoms with Gasteiger partial charge in [-0.2, -0.15) is 5.10 Å². The van der Waals surface area contributed by atoms with Crippen molar-refractivity contribution in [3.05, 3.63) is 46.6 Å². The summed E-state index contributed by atoms with van der Waals surface area (Å²) in [5.41, 5.74) is 0.977. The lowest BCUT2D eigenvalue weighted by molar-refractivity contribution is 0.340. The summed E-state index contributed by atoms with van der Waals surface area (Å²) in [7, 11) is 3.56. The number of likely N-dealkylation sites (N-methyl/N-ethyl adjacent to an activating group) is 1. The van der Waals surface area contributed by atoms with Gasteiger partial charge in [-0.1, -0.05) is 12.1 Å². The Hall–Kier alpha value is -2.08. The Morgan fingerprint density at radius 1 is 1.35 bits per heavy atom. The van der Waals surface area contributed by atoms with E-state index in [2.05, 4.69) is 10.4 Å². The molecule has 0 aliphatic carbocycles. The SMILES string of the molecule is CCOc1ccc(C(Cn2ncn(C)c2=O)NC)cc1. The van der Waals surface area contributed by atoms with Gasteiger partial charge in [0.1, 0.15) is 12.1 Å². The van der Waals surface area contributed by atoms with Gasteiger partial charge in [-0.05, 0) is 31.7 Å². The molecule has 1 heterocycles. The molecule has 108 valence electrons. The third-order valence-electron chi connectivity index (χ3n) is 3.18. The van der Waals surface area contributed by atoms with Crippen molar-refractivity contribution in [1.82, 2.24) is 19.7 Å². The fourth-order valence-corrected chi connectivity index (χ4v) is 2.05. The maximum absolute atomic E-state index is 11.8. The summed E-state index contributed by atoms with van der Waals surface area (Å²) in [6.45, 7) is 3.10. The molecule has 2 aromatic rings. The van der Waals surface area contributed by atoms with Crippen LogP contribution in [-0.2, 0) is 13.6 Å². The van der Waals surface area contributed by atoms with E-state index < -0.39 is 0 Å². The number of ether oxygens (including phenoxy) is 1. The van der Waals surface area contributed by atoms with Crippen molar-refractivity contribution in [2.24, 2.45) is 7.05 Å². The van der Waals surface area contributed by atoms with Gasteiger partial charge in [-0.15, -0.1) is 0 Å². The lowest BCUT2D eigenvalue weighted by atomic mass is 10.1. The maximum atomic E-state index is 11.8. The summed E-state index contributed by atoms with van der Waals surface area (Å²) in [5.74, 6) is 0.848. The molecule has 0 aliphatic rings. The molecule has 0 spiro atoms. The van der Waals surface area contributed by atoms with Gasteiger partial charge in [0.15, 0.2) is 0 Å². The lowest BCUT2D eigenvalue weighted by Crippen LogP contribution is -2.30. The third kappa shape index (κ3) is 3.08. The van der Waals surface area contributed by atoms with Crippen molar-refractivity contribution in [2.45, 2.75) is 19.5 Å². The van der Waals surface area contributed by atoms with Crippen molar-refractivity contribution in [3.63, 3.8) is 0 Å². The first kappa shape index (κ1) is 14.3. The highest BCUT2D eigenvalue weighted by atomic mass is 16.5. The first-order valence-electron chi connectivity index (χ1n) is 6.64. The second-order valence-electron chi connectivity index (χ2n) is 4.55. The predicted molar refractivity (Wildman–Crippen MR) is 76.9 cm³/mol. The third-order valence-corrected chi connectivity index (χ3v) is 3.18. The predicted octanol–water partition coefficient (Wildman–Crippen LogP) is 0.941. The van der Waals surface area contributed by atoms with Gasteiger partial charge in [0.25, 0.3) is 0 Å². The van der Waals surface area contributed by atoms with Crippen molar-refractivity contribution >= 4 is 0 Å². The summed E-state index contributed by atoms with van der Waals surface area (Å²) in [6, 6.07) is 7.90. The van der Waals surface area contributed by atoms with Crippen LogP contribution in [0.2, 0.25) is 0 Å². The number of aryl methyl sites for hydroxylation is 1. The van der Waals surface area contributed by atoms with E-state index in [0.717, 1.165) is 11.3 Å². The van der Waals surface area contributed by atoms with Crippen molar-refractivity contribution in [1.29, 1.82) is 0 Å². The molecule has 20 heavy (non-hydrogen) atoms. The molecule has 0 radical (unpaired) electrons. The van der Waals surface area contributed by atoms with Gasteiger partial charge in [0.2, 0.25) is 0 Å². The van der Waals surface area contributed by atoms with Gasteiger partial charge in [0.05, 0.1) is 19.2 Å². The first-order chi connectivity index (χ1) is 9.65. The Morgan fingerprint density at radius 2 is 2.05 bits per heavy atom. The highest BCUT2D eigenvalue weighted by Gasteiger charge is 2.13. The van der Waals surface area contributed by atoms with Crippen molar-refractivity contribution in [3.8, 4) is 5.75 Å². The van der Waals surface area contributed by atoms with Crippen LogP contribution < -0.4 is 15.7 Å². The topological polar surface area (TPSA) is 61.1 Å². The molecular weight excluding hydrogens is 256 g/mol. The molecule has 2 rings (SSSR count). The quantitative estimate of drug-likeness (QED) is 0.853. The molecular formula is C14H20N4O2. The molecule has 6 heteroatoms. The monoisotopic (exact) mass is 276 g/mol. The first-order valence-corrected chi connectivity index (χ1v) is 6.64. The average molecular weight is 276 g/mol. The van der Waals surface area contributed by atoms with Crippen LogP contribution in [0.1, 0.15) is 18.5 Å². The van der Waals surface area contributed by atoms with E-state index >= 15 is 0 Å². The second kappa shape index (κ2) is 6.38. The fourth-order valence-electron chi connectivity index (χ4n) is 2.05. The van der Waals surface area contributed by atoms with Crippen LogP contribution in [0.3, 0.4) is 0 Å². The summed E-state index contributed by atoms with van der Waals surface area (Å²) < 4.78 is 8.34. The zero-order valence-corrected chi connectivity index (χ0v) is 12.0. The minimum atomic E-state index is -0.115. The number of nitrogens with one attached hydrogen (secondary N) is 1. The highest BCUT2D eigenvalue weighted by Crippen LogP contribution is 2.18. The van der Waals surface area contributed by atoms with Crippen LogP contribution in [0, 0.1) is 0 Å². The average Bonchev–Trinajstić information content (AvgIpc) is 2.78. The Balaban J connectivity index is 2.15. The van der Waals surface area contributed by atoms with E-state index in [4.69, 9.17) is 4.74 Å². The standard InChI is InChI=1S/C14H20N4O2/c1-4-20-12-7-5-11(6-8-12)13(15-2)9-18-14(19)17(3)10-16-18/h5-8,10,13,15H,4,9H2,1-3H3. The molecule has 0 saturated heterocycles. The number of aromatic nitrogens is 3. The van der Waals surface area contributed by atoms with Crippen LogP contribution in [-0.4, -0.2) is 28.0 Å². The lowest BCUT2D eigenvalue weighted by Gasteiger charge is -2.16. The van der Waals surface area contributed by atoms with Crippen LogP contribution in [0.5, 0.6) is 5.75 Å². The summed E-state index contributed by atoms with van der Waals surface area (Å²) >= 11 is 0. The molecule has 1 atom stereocenters. The summed E-state index contributed by atoms with van der Waals surface area (Å²) in [4.78, 5) is 11.8. The number of hydrogen-bond donors (Lipinski definition) is 1. The molecule has 0 bridgehead atoms. The molecule has 1 unspecified atom stereocenters. The Morgan fingerprint density at radius 3 is 2.55 bits per heavy atom. The van der Waals surface area contributed by atoms with Crippen LogP contribution in [0.15, 0.2) is 35.4 Å². The van der Waals surface area contributed by atoms with Crippen LogP contribution in [0.4, 0.5) is 0 Å². The number of nitrogens with zero attached hydrogens (tertiary/aromatic N) is 3. The summed E-state index contributed by atoms with van der Waals surface area (Å²) in [6.07, 6.45) is 1.52. The normalized spacial score (nSPS) is 12.3. The molecule has 1 N–H and O–H groups in total. The zero-order valence-electron chi connectivity index (χ0n) is 12.0. The number of benzene rings is 1. The minimum Gasteiger partial charge on any atom is -0.494 e. The van der Waals surface area contributed by atoms with Crippen LogP contribution in [0.25, 0.3) is 0 Å². The molecule has 0 amide bonds.